The van der Waals surface area contributed by atoms with Crippen LogP contribution in [-0.4, -0.2) is 59.7 Å². The highest BCUT2D eigenvalue weighted by Gasteiger charge is 2.48. The first-order chi connectivity index (χ1) is 14.8. The van der Waals surface area contributed by atoms with Crippen LogP contribution in [0.25, 0.3) is 11.1 Å². The van der Waals surface area contributed by atoms with E-state index in [4.69, 9.17) is 9.47 Å². The molecule has 162 valence electrons. The molecule has 5 rings (SSSR count). The summed E-state index contributed by atoms with van der Waals surface area (Å²) in [4.78, 5) is 29.1. The SMILES string of the molecule is CC1CC2(CN1C(=O)CN1Cc3ccc(-c4ccc(F)cc4F)cc3C1=O)OCCO2. The molecule has 6 nitrogen and oxygen atoms in total. The molecule has 2 amide bonds. The van der Waals surface area contributed by atoms with Crippen molar-refractivity contribution in [2.24, 2.45) is 0 Å². The molecule has 2 aromatic rings. The minimum atomic E-state index is -0.721. The summed E-state index contributed by atoms with van der Waals surface area (Å²) in [5, 5.41) is 0. The number of carbonyl (C=O) groups excluding carboxylic acids is 2. The van der Waals surface area contributed by atoms with Crippen molar-refractivity contribution in [3.05, 3.63) is 59.2 Å². The van der Waals surface area contributed by atoms with Crippen LogP contribution in [0.1, 0.15) is 29.3 Å². The molecule has 3 aliphatic heterocycles. The van der Waals surface area contributed by atoms with Crippen molar-refractivity contribution in [2.45, 2.75) is 31.7 Å². The number of rotatable bonds is 3. The summed E-state index contributed by atoms with van der Waals surface area (Å²) in [7, 11) is 0. The van der Waals surface area contributed by atoms with Crippen LogP contribution >= 0.6 is 0 Å². The predicted molar refractivity (Wildman–Crippen MR) is 107 cm³/mol. The summed E-state index contributed by atoms with van der Waals surface area (Å²) in [6.45, 7) is 3.61. The van der Waals surface area contributed by atoms with Gasteiger partial charge in [-0.2, -0.15) is 0 Å². The van der Waals surface area contributed by atoms with Crippen molar-refractivity contribution in [2.75, 3.05) is 26.3 Å². The molecule has 0 N–H and O–H groups in total. The maximum atomic E-state index is 14.2. The zero-order valence-electron chi connectivity index (χ0n) is 17.1. The fraction of sp³-hybridized carbons (Fsp3) is 0.391. The Labute approximate surface area is 178 Å². The Morgan fingerprint density at radius 2 is 1.90 bits per heavy atom. The molecule has 1 spiro atoms. The molecule has 1 unspecified atom stereocenters. The minimum Gasteiger partial charge on any atom is -0.346 e. The average Bonchev–Trinajstić information content (AvgIpc) is 3.41. The number of halogens is 2. The number of carbonyl (C=O) groups is 2. The van der Waals surface area contributed by atoms with E-state index in [0.717, 1.165) is 11.6 Å². The molecular formula is C23H22F2N2O4. The standard InChI is InChI=1S/C23H22F2N2O4/c1-14-10-23(30-6-7-31-23)13-27(14)21(28)12-26-11-16-3-2-15(8-19(16)22(26)29)18-5-4-17(24)9-20(18)25/h2-5,8-9,14H,6-7,10-13H2,1H3. The third-order valence-corrected chi connectivity index (χ3v) is 6.24. The topological polar surface area (TPSA) is 59.1 Å². The summed E-state index contributed by atoms with van der Waals surface area (Å²) >= 11 is 0. The lowest BCUT2D eigenvalue weighted by molar-refractivity contribution is -0.152. The van der Waals surface area contributed by atoms with E-state index < -0.39 is 17.4 Å². The van der Waals surface area contributed by atoms with Crippen LogP contribution in [0, 0.1) is 11.6 Å². The zero-order chi connectivity index (χ0) is 21.8. The maximum absolute atomic E-state index is 14.2. The van der Waals surface area contributed by atoms with E-state index in [-0.39, 0.29) is 30.0 Å². The van der Waals surface area contributed by atoms with Gasteiger partial charge in [0.25, 0.3) is 5.91 Å². The highest BCUT2D eigenvalue weighted by Crippen LogP contribution is 2.35. The molecule has 0 aliphatic carbocycles. The minimum absolute atomic E-state index is 0.0428. The Balaban J connectivity index is 1.31. The van der Waals surface area contributed by atoms with E-state index in [0.29, 0.717) is 43.9 Å². The van der Waals surface area contributed by atoms with Gasteiger partial charge in [-0.25, -0.2) is 8.78 Å². The van der Waals surface area contributed by atoms with Crippen LogP contribution in [0.4, 0.5) is 8.78 Å². The van der Waals surface area contributed by atoms with Gasteiger partial charge in [0.05, 0.1) is 19.8 Å². The highest BCUT2D eigenvalue weighted by atomic mass is 19.1. The molecule has 31 heavy (non-hydrogen) atoms. The van der Waals surface area contributed by atoms with Crippen molar-refractivity contribution in [1.82, 2.24) is 9.80 Å². The average molecular weight is 428 g/mol. The van der Waals surface area contributed by atoms with E-state index in [1.165, 1.54) is 17.0 Å². The first-order valence-corrected chi connectivity index (χ1v) is 10.3. The van der Waals surface area contributed by atoms with Crippen LogP contribution in [0.2, 0.25) is 0 Å². The Kier molecular flexibility index (Phi) is 4.79. The molecule has 0 aromatic heterocycles. The Morgan fingerprint density at radius 3 is 2.65 bits per heavy atom. The number of ether oxygens (including phenoxy) is 2. The van der Waals surface area contributed by atoms with Gasteiger partial charge < -0.3 is 19.3 Å². The van der Waals surface area contributed by atoms with Gasteiger partial charge in [0.2, 0.25) is 5.91 Å². The van der Waals surface area contributed by atoms with Crippen molar-refractivity contribution in [1.29, 1.82) is 0 Å². The summed E-state index contributed by atoms with van der Waals surface area (Å²) in [6, 6.07) is 8.37. The van der Waals surface area contributed by atoms with Gasteiger partial charge in [0, 0.05) is 36.2 Å². The van der Waals surface area contributed by atoms with E-state index in [1.54, 1.807) is 23.1 Å². The third-order valence-electron chi connectivity index (χ3n) is 6.24. The van der Waals surface area contributed by atoms with Gasteiger partial charge in [-0.1, -0.05) is 12.1 Å². The number of amides is 2. The van der Waals surface area contributed by atoms with Crippen molar-refractivity contribution in [3.63, 3.8) is 0 Å². The molecule has 2 aromatic carbocycles. The summed E-state index contributed by atoms with van der Waals surface area (Å²) in [6.07, 6.45) is 0.611. The molecule has 3 heterocycles. The van der Waals surface area contributed by atoms with E-state index in [9.17, 15) is 18.4 Å². The Morgan fingerprint density at radius 1 is 1.13 bits per heavy atom. The van der Waals surface area contributed by atoms with Crippen LogP contribution < -0.4 is 0 Å². The molecule has 3 aliphatic rings. The molecule has 0 radical (unpaired) electrons. The van der Waals surface area contributed by atoms with Gasteiger partial charge in [0.15, 0.2) is 5.79 Å². The normalized spacial score (nSPS) is 21.9. The predicted octanol–water partition coefficient (Wildman–Crippen LogP) is 2.95. The smallest absolute Gasteiger partial charge is 0.254 e. The van der Waals surface area contributed by atoms with Crippen LogP contribution in [0.15, 0.2) is 36.4 Å². The first kappa shape index (κ1) is 20.1. The van der Waals surface area contributed by atoms with Gasteiger partial charge in [-0.05, 0) is 36.2 Å². The summed E-state index contributed by atoms with van der Waals surface area (Å²) < 4.78 is 38.8. The summed E-state index contributed by atoms with van der Waals surface area (Å²) in [5.41, 5.74) is 1.92. The van der Waals surface area contributed by atoms with Gasteiger partial charge >= 0.3 is 0 Å². The number of nitrogens with zero attached hydrogens (tertiary/aromatic N) is 2. The zero-order valence-corrected chi connectivity index (χ0v) is 17.1. The van der Waals surface area contributed by atoms with Crippen LogP contribution in [0.3, 0.4) is 0 Å². The fourth-order valence-electron chi connectivity index (χ4n) is 4.71. The first-order valence-electron chi connectivity index (χ1n) is 10.3. The lowest BCUT2D eigenvalue weighted by atomic mass is 10.00. The number of fused-ring (bicyclic) bond motifs is 1. The number of hydrogen-bond donors (Lipinski definition) is 0. The lowest BCUT2D eigenvalue weighted by Gasteiger charge is -2.25. The second-order valence-electron chi connectivity index (χ2n) is 8.34. The van der Waals surface area contributed by atoms with E-state index in [2.05, 4.69) is 0 Å². The molecule has 8 heteroatoms. The van der Waals surface area contributed by atoms with E-state index >= 15 is 0 Å². The third kappa shape index (κ3) is 3.49. The Bertz CT molecular complexity index is 1070. The molecule has 2 saturated heterocycles. The van der Waals surface area contributed by atoms with Crippen molar-refractivity contribution < 1.29 is 27.8 Å². The van der Waals surface area contributed by atoms with Crippen LogP contribution in [-0.2, 0) is 20.8 Å². The monoisotopic (exact) mass is 428 g/mol. The molecule has 0 saturated carbocycles. The van der Waals surface area contributed by atoms with Crippen LogP contribution in [0.5, 0.6) is 0 Å². The Hall–Kier alpha value is -2.84. The second-order valence-corrected chi connectivity index (χ2v) is 8.34. The van der Waals surface area contributed by atoms with Gasteiger partial charge in [-0.15, -0.1) is 0 Å². The molecular weight excluding hydrogens is 406 g/mol. The van der Waals surface area contributed by atoms with Crippen molar-refractivity contribution >= 4 is 11.8 Å². The maximum Gasteiger partial charge on any atom is 0.254 e. The number of likely N-dealkylation sites (tertiary alicyclic amines) is 1. The highest BCUT2D eigenvalue weighted by molar-refractivity contribution is 6.01. The number of benzene rings is 2. The molecule has 1 atom stereocenters. The second kappa shape index (κ2) is 7.39. The van der Waals surface area contributed by atoms with Gasteiger partial charge in [-0.3, -0.25) is 9.59 Å². The van der Waals surface area contributed by atoms with Crippen molar-refractivity contribution in [3.8, 4) is 11.1 Å². The van der Waals surface area contributed by atoms with Gasteiger partial charge in [0.1, 0.15) is 18.2 Å². The lowest BCUT2D eigenvalue weighted by Crippen LogP contribution is -2.43. The largest absolute Gasteiger partial charge is 0.346 e. The molecule has 2 fully saturated rings. The fourth-order valence-corrected chi connectivity index (χ4v) is 4.71. The molecule has 0 bridgehead atoms. The summed E-state index contributed by atoms with van der Waals surface area (Å²) in [5.74, 6) is -2.50. The van der Waals surface area contributed by atoms with E-state index in [1.807, 2.05) is 6.92 Å². The quantitative estimate of drug-likeness (QED) is 0.754. The number of hydrogen-bond acceptors (Lipinski definition) is 4.